The average Bonchev–Trinajstić information content (AvgIpc) is 2.97. The molecule has 3 aliphatic rings. The summed E-state index contributed by atoms with van der Waals surface area (Å²) in [5.41, 5.74) is -0.967. The number of nitrogens with zero attached hydrogens (tertiary/aromatic N) is 3. The van der Waals surface area contributed by atoms with Crippen molar-refractivity contribution in [3.8, 4) is 0 Å². The average molecular weight is 460 g/mol. The van der Waals surface area contributed by atoms with Gasteiger partial charge in [-0.3, -0.25) is 14.6 Å². The minimum absolute atomic E-state index is 0.0226. The summed E-state index contributed by atoms with van der Waals surface area (Å²) in [5, 5.41) is 0. The zero-order valence-corrected chi connectivity index (χ0v) is 20.3. The molecule has 4 rings (SSSR count). The predicted molar refractivity (Wildman–Crippen MR) is 125 cm³/mol. The number of hydrogen-bond donors (Lipinski definition) is 0. The molecule has 0 spiro atoms. The number of hydrogen-bond acceptors (Lipinski definition) is 4. The van der Waals surface area contributed by atoms with Crippen LogP contribution in [0.4, 0.5) is 9.18 Å². The molecule has 2 amide bonds. The molecule has 2 heterocycles. The highest BCUT2D eigenvalue weighted by molar-refractivity contribution is 5.91. The van der Waals surface area contributed by atoms with Crippen molar-refractivity contribution < 1.29 is 18.7 Å². The zero-order valence-electron chi connectivity index (χ0n) is 20.3. The quantitative estimate of drug-likeness (QED) is 0.676. The van der Waals surface area contributed by atoms with E-state index in [4.69, 9.17) is 4.74 Å². The van der Waals surface area contributed by atoms with Crippen molar-refractivity contribution >= 4 is 12.0 Å². The van der Waals surface area contributed by atoms with Crippen molar-refractivity contribution in [1.82, 2.24) is 14.7 Å². The Hall–Kier alpha value is -2.15. The summed E-state index contributed by atoms with van der Waals surface area (Å²) < 4.78 is 19.7. The van der Waals surface area contributed by atoms with Gasteiger partial charge in [0.2, 0.25) is 5.91 Å². The third-order valence-corrected chi connectivity index (χ3v) is 7.30. The van der Waals surface area contributed by atoms with Gasteiger partial charge < -0.3 is 9.64 Å². The highest BCUT2D eigenvalue weighted by Crippen LogP contribution is 2.37. The second-order valence-corrected chi connectivity index (χ2v) is 10.8. The number of likely N-dealkylation sites (tertiary alicyclic amines) is 1. The van der Waals surface area contributed by atoms with Crippen molar-refractivity contribution in [2.75, 3.05) is 32.7 Å². The van der Waals surface area contributed by atoms with E-state index in [2.05, 4.69) is 4.90 Å². The molecular weight excluding hydrogens is 421 g/mol. The molecule has 6 nitrogen and oxygen atoms in total. The topological polar surface area (TPSA) is 53.1 Å². The van der Waals surface area contributed by atoms with E-state index in [0.717, 1.165) is 31.5 Å². The van der Waals surface area contributed by atoms with Crippen molar-refractivity contribution in [3.05, 3.63) is 35.6 Å². The smallest absolute Gasteiger partial charge is 0.411 e. The monoisotopic (exact) mass is 459 g/mol. The fourth-order valence-electron chi connectivity index (χ4n) is 5.48. The van der Waals surface area contributed by atoms with Gasteiger partial charge in [-0.05, 0) is 70.6 Å². The SMILES string of the molecule is CC(C)(C)OC(=O)N1CCCC1(Cc1cccc(F)c1)C(=O)N1CCCN(C2CCC2)CC1. The highest BCUT2D eigenvalue weighted by Gasteiger charge is 2.52. The van der Waals surface area contributed by atoms with Crippen LogP contribution in [0.2, 0.25) is 0 Å². The van der Waals surface area contributed by atoms with Crippen LogP contribution < -0.4 is 0 Å². The van der Waals surface area contributed by atoms with E-state index in [1.165, 1.54) is 31.4 Å². The lowest BCUT2D eigenvalue weighted by Gasteiger charge is -2.41. The fraction of sp³-hybridized carbons (Fsp3) is 0.692. The third kappa shape index (κ3) is 5.34. The molecule has 1 aromatic carbocycles. The second-order valence-electron chi connectivity index (χ2n) is 10.8. The van der Waals surface area contributed by atoms with Crippen molar-refractivity contribution in [2.24, 2.45) is 0 Å². The number of benzene rings is 1. The van der Waals surface area contributed by atoms with E-state index < -0.39 is 17.2 Å². The van der Waals surface area contributed by atoms with Gasteiger partial charge in [0.1, 0.15) is 17.0 Å². The maximum atomic E-state index is 14.2. The summed E-state index contributed by atoms with van der Waals surface area (Å²) in [4.78, 5) is 33.5. The lowest BCUT2D eigenvalue weighted by Crippen LogP contribution is -2.60. The lowest BCUT2D eigenvalue weighted by molar-refractivity contribution is -0.142. The van der Waals surface area contributed by atoms with Crippen molar-refractivity contribution in [1.29, 1.82) is 0 Å². The number of halogens is 1. The lowest BCUT2D eigenvalue weighted by atomic mass is 9.86. The minimum Gasteiger partial charge on any atom is -0.444 e. The van der Waals surface area contributed by atoms with E-state index in [-0.39, 0.29) is 11.7 Å². The highest BCUT2D eigenvalue weighted by atomic mass is 19.1. The first-order chi connectivity index (χ1) is 15.7. The molecule has 0 N–H and O–H groups in total. The molecule has 182 valence electrons. The third-order valence-electron chi connectivity index (χ3n) is 7.30. The van der Waals surface area contributed by atoms with Crippen LogP contribution in [0.25, 0.3) is 0 Å². The molecule has 33 heavy (non-hydrogen) atoms. The number of carbonyl (C=O) groups is 2. The molecular formula is C26H38FN3O3. The molecule has 1 unspecified atom stereocenters. The van der Waals surface area contributed by atoms with Crippen LogP contribution in [0.15, 0.2) is 24.3 Å². The number of rotatable bonds is 4. The second kappa shape index (κ2) is 9.61. The number of amides is 2. The molecule has 2 saturated heterocycles. The first-order valence-corrected chi connectivity index (χ1v) is 12.5. The Morgan fingerprint density at radius 3 is 2.52 bits per heavy atom. The molecule has 2 aliphatic heterocycles. The van der Waals surface area contributed by atoms with Gasteiger partial charge in [-0.1, -0.05) is 18.6 Å². The Morgan fingerprint density at radius 1 is 1.06 bits per heavy atom. The van der Waals surface area contributed by atoms with Crippen LogP contribution in [-0.4, -0.2) is 76.6 Å². The Bertz CT molecular complexity index is 867. The van der Waals surface area contributed by atoms with Crippen LogP contribution in [0.1, 0.15) is 64.9 Å². The summed E-state index contributed by atoms with van der Waals surface area (Å²) in [6.07, 6.45) is 5.86. The van der Waals surface area contributed by atoms with E-state index in [1.807, 2.05) is 31.7 Å². The molecule has 7 heteroatoms. The van der Waals surface area contributed by atoms with Gasteiger partial charge in [-0.2, -0.15) is 0 Å². The van der Waals surface area contributed by atoms with Crippen LogP contribution >= 0.6 is 0 Å². The number of carbonyl (C=O) groups excluding carboxylic acids is 2. The first-order valence-electron chi connectivity index (χ1n) is 12.5. The fourth-order valence-corrected chi connectivity index (χ4v) is 5.48. The normalized spacial score (nSPS) is 25.0. The minimum atomic E-state index is -1.04. The maximum absolute atomic E-state index is 14.2. The predicted octanol–water partition coefficient (Wildman–Crippen LogP) is 4.22. The van der Waals surface area contributed by atoms with Crippen LogP contribution in [-0.2, 0) is 16.0 Å². The van der Waals surface area contributed by atoms with Crippen LogP contribution in [0, 0.1) is 5.82 Å². The molecule has 1 atom stereocenters. The Labute approximate surface area is 197 Å². The first kappa shape index (κ1) is 24.0. The molecule has 1 aromatic rings. The van der Waals surface area contributed by atoms with Crippen molar-refractivity contribution in [2.45, 2.75) is 82.9 Å². The summed E-state index contributed by atoms with van der Waals surface area (Å²) in [6, 6.07) is 7.04. The van der Waals surface area contributed by atoms with Gasteiger partial charge in [0.15, 0.2) is 0 Å². The molecule has 1 aliphatic carbocycles. The Morgan fingerprint density at radius 2 is 1.85 bits per heavy atom. The molecule has 0 aromatic heterocycles. The van der Waals surface area contributed by atoms with E-state index in [9.17, 15) is 14.0 Å². The van der Waals surface area contributed by atoms with E-state index in [1.54, 1.807) is 11.0 Å². The Kier molecular flexibility index (Phi) is 6.99. The van der Waals surface area contributed by atoms with Crippen LogP contribution in [0.3, 0.4) is 0 Å². The molecule has 3 fully saturated rings. The summed E-state index contributed by atoms with van der Waals surface area (Å²) in [7, 11) is 0. The summed E-state index contributed by atoms with van der Waals surface area (Å²) in [6.45, 7) is 9.22. The summed E-state index contributed by atoms with van der Waals surface area (Å²) >= 11 is 0. The van der Waals surface area contributed by atoms with Crippen molar-refractivity contribution in [3.63, 3.8) is 0 Å². The van der Waals surface area contributed by atoms with E-state index in [0.29, 0.717) is 38.5 Å². The van der Waals surface area contributed by atoms with Gasteiger partial charge in [0.05, 0.1) is 0 Å². The van der Waals surface area contributed by atoms with Crippen LogP contribution in [0.5, 0.6) is 0 Å². The molecule has 0 radical (unpaired) electrons. The largest absolute Gasteiger partial charge is 0.444 e. The zero-order chi connectivity index (χ0) is 23.6. The molecule has 1 saturated carbocycles. The molecule has 0 bridgehead atoms. The van der Waals surface area contributed by atoms with Gasteiger partial charge in [-0.25, -0.2) is 9.18 Å². The number of ether oxygens (including phenoxy) is 1. The Balaban J connectivity index is 1.60. The van der Waals surface area contributed by atoms with Gasteiger partial charge in [0, 0.05) is 45.2 Å². The standard InChI is InChI=1S/C26H38FN3O3/c1-25(2,3)33-24(32)30-15-6-12-26(30,19-20-8-4-9-21(27)18-20)23(31)29-14-7-13-28(16-17-29)22-10-5-11-22/h4,8-9,18,22H,5-7,10-17,19H2,1-3H3. The maximum Gasteiger partial charge on any atom is 0.411 e. The van der Waals surface area contributed by atoms with Gasteiger partial charge in [0.25, 0.3) is 0 Å². The van der Waals surface area contributed by atoms with Gasteiger partial charge in [-0.15, -0.1) is 0 Å². The van der Waals surface area contributed by atoms with Gasteiger partial charge >= 0.3 is 6.09 Å². The summed E-state index contributed by atoms with van der Waals surface area (Å²) in [5.74, 6) is -0.353. The van der Waals surface area contributed by atoms with E-state index >= 15 is 0 Å².